The molecule has 0 aromatic rings. The summed E-state index contributed by atoms with van der Waals surface area (Å²) in [6.45, 7) is 16.5. The van der Waals surface area contributed by atoms with Gasteiger partial charge in [-0.3, -0.25) is 4.90 Å². The predicted octanol–water partition coefficient (Wildman–Crippen LogP) is 1.74. The van der Waals surface area contributed by atoms with Crippen molar-refractivity contribution in [3.05, 3.63) is 12.2 Å². The highest BCUT2D eigenvalue weighted by Crippen LogP contribution is 2.17. The average molecular weight is 196 g/mol. The molecule has 0 radical (unpaired) electrons. The van der Waals surface area contributed by atoms with Crippen LogP contribution in [0.2, 0.25) is 0 Å². The molecule has 1 rings (SSSR count). The average Bonchev–Trinajstić information content (AvgIpc) is 1.98. The first-order valence-electron chi connectivity index (χ1n) is 5.71. The lowest BCUT2D eigenvalue weighted by Gasteiger charge is -2.35. The second-order valence-electron chi connectivity index (χ2n) is 4.68. The van der Waals surface area contributed by atoms with Gasteiger partial charge in [-0.15, -0.1) is 0 Å². The van der Waals surface area contributed by atoms with Crippen LogP contribution >= 0.6 is 0 Å². The molecule has 0 aromatic carbocycles. The molecule has 1 fully saturated rings. The second-order valence-corrected chi connectivity index (χ2v) is 4.68. The number of hydrogen-bond acceptors (Lipinski definition) is 2. The van der Waals surface area contributed by atoms with Crippen molar-refractivity contribution >= 4 is 0 Å². The Morgan fingerprint density at radius 3 is 2.57 bits per heavy atom. The molecule has 1 aliphatic heterocycles. The van der Waals surface area contributed by atoms with Gasteiger partial charge < -0.3 is 5.32 Å². The molecule has 82 valence electrons. The van der Waals surface area contributed by atoms with E-state index in [4.69, 9.17) is 0 Å². The largest absolute Gasteiger partial charge is 0.316 e. The lowest BCUT2D eigenvalue weighted by Crippen LogP contribution is -2.48. The normalized spacial score (nSPS) is 19.4. The summed E-state index contributed by atoms with van der Waals surface area (Å²) in [7, 11) is 0. The summed E-state index contributed by atoms with van der Waals surface area (Å²) in [4.78, 5) is 2.49. The molecule has 0 aromatic heterocycles. The fraction of sp³-hybridized carbons (Fsp3) is 0.833. The quantitative estimate of drug-likeness (QED) is 0.651. The highest BCUT2D eigenvalue weighted by molar-refractivity contribution is 4.92. The summed E-state index contributed by atoms with van der Waals surface area (Å²) in [5.41, 5.74) is 1.27. The van der Waals surface area contributed by atoms with Gasteiger partial charge in [0.1, 0.15) is 0 Å². The molecule has 0 bridgehead atoms. The minimum atomic E-state index is 0.815. The maximum absolute atomic E-state index is 3.98. The van der Waals surface area contributed by atoms with E-state index in [0.29, 0.717) is 0 Å². The molecule has 1 saturated heterocycles. The molecular weight excluding hydrogens is 172 g/mol. The number of likely N-dealkylation sites (N-methyl/N-ethyl adjacent to an activating group) is 1. The molecule has 0 saturated carbocycles. The van der Waals surface area contributed by atoms with Gasteiger partial charge >= 0.3 is 0 Å². The summed E-state index contributed by atoms with van der Waals surface area (Å²) in [5.74, 6) is 1.71. The van der Waals surface area contributed by atoms with Crippen molar-refractivity contribution in [2.24, 2.45) is 11.8 Å². The molecule has 1 N–H and O–H groups in total. The number of nitrogens with one attached hydrogen (secondary N) is 1. The third kappa shape index (κ3) is 3.43. The van der Waals surface area contributed by atoms with Crippen molar-refractivity contribution in [1.29, 1.82) is 0 Å². The third-order valence-corrected chi connectivity index (χ3v) is 3.10. The summed E-state index contributed by atoms with van der Waals surface area (Å²) in [5, 5.41) is 3.34. The minimum Gasteiger partial charge on any atom is -0.316 e. The van der Waals surface area contributed by atoms with Gasteiger partial charge in [0.2, 0.25) is 0 Å². The SMILES string of the molecule is C=C(C)CN(CC)CC(C)C1CNC1. The van der Waals surface area contributed by atoms with E-state index >= 15 is 0 Å². The van der Waals surface area contributed by atoms with Crippen LogP contribution in [0.5, 0.6) is 0 Å². The summed E-state index contributed by atoms with van der Waals surface area (Å²) >= 11 is 0. The Bertz CT molecular complexity index is 185. The monoisotopic (exact) mass is 196 g/mol. The number of rotatable bonds is 6. The summed E-state index contributed by atoms with van der Waals surface area (Å²) in [6, 6.07) is 0. The lowest BCUT2D eigenvalue weighted by atomic mass is 9.88. The van der Waals surface area contributed by atoms with Crippen LogP contribution in [-0.2, 0) is 0 Å². The highest BCUT2D eigenvalue weighted by Gasteiger charge is 2.24. The standard InChI is InChI=1S/C12H24N2/c1-5-14(8-10(2)3)9-11(4)12-6-13-7-12/h11-13H,2,5-9H2,1,3-4H3. The first-order valence-corrected chi connectivity index (χ1v) is 5.71. The molecule has 1 unspecified atom stereocenters. The van der Waals surface area contributed by atoms with Gasteiger partial charge in [0.15, 0.2) is 0 Å². The highest BCUT2D eigenvalue weighted by atomic mass is 15.1. The second kappa shape index (κ2) is 5.52. The van der Waals surface area contributed by atoms with E-state index in [1.165, 1.54) is 25.2 Å². The van der Waals surface area contributed by atoms with E-state index in [2.05, 4.69) is 37.6 Å². The Balaban J connectivity index is 2.27. The zero-order valence-corrected chi connectivity index (χ0v) is 9.84. The van der Waals surface area contributed by atoms with Crippen molar-refractivity contribution in [3.63, 3.8) is 0 Å². The summed E-state index contributed by atoms with van der Waals surface area (Å²) in [6.07, 6.45) is 0. The fourth-order valence-electron chi connectivity index (χ4n) is 1.96. The number of hydrogen-bond donors (Lipinski definition) is 1. The van der Waals surface area contributed by atoms with E-state index in [-0.39, 0.29) is 0 Å². The van der Waals surface area contributed by atoms with E-state index in [1.807, 2.05) is 0 Å². The molecule has 0 spiro atoms. The molecule has 1 atom stereocenters. The zero-order chi connectivity index (χ0) is 10.6. The Morgan fingerprint density at radius 1 is 1.57 bits per heavy atom. The zero-order valence-electron chi connectivity index (χ0n) is 9.84. The Labute approximate surface area is 88.4 Å². The van der Waals surface area contributed by atoms with Crippen LogP contribution in [0.3, 0.4) is 0 Å². The smallest absolute Gasteiger partial charge is 0.0187 e. The first-order chi connectivity index (χ1) is 6.63. The lowest BCUT2D eigenvalue weighted by molar-refractivity contribution is 0.178. The van der Waals surface area contributed by atoms with Crippen molar-refractivity contribution in [3.8, 4) is 0 Å². The molecule has 0 amide bonds. The van der Waals surface area contributed by atoms with Gasteiger partial charge in [-0.05, 0) is 38.4 Å². The van der Waals surface area contributed by atoms with Gasteiger partial charge in [-0.1, -0.05) is 26.0 Å². The maximum Gasteiger partial charge on any atom is 0.0187 e. The van der Waals surface area contributed by atoms with Crippen LogP contribution in [0.15, 0.2) is 12.2 Å². The third-order valence-electron chi connectivity index (χ3n) is 3.10. The van der Waals surface area contributed by atoms with Gasteiger partial charge in [-0.25, -0.2) is 0 Å². The van der Waals surface area contributed by atoms with E-state index in [1.54, 1.807) is 0 Å². The molecule has 14 heavy (non-hydrogen) atoms. The Morgan fingerprint density at radius 2 is 2.21 bits per heavy atom. The van der Waals surface area contributed by atoms with E-state index in [0.717, 1.165) is 24.9 Å². The summed E-state index contributed by atoms with van der Waals surface area (Å²) < 4.78 is 0. The fourth-order valence-corrected chi connectivity index (χ4v) is 1.96. The van der Waals surface area contributed by atoms with Crippen LogP contribution < -0.4 is 5.32 Å². The van der Waals surface area contributed by atoms with Gasteiger partial charge in [0.25, 0.3) is 0 Å². The van der Waals surface area contributed by atoms with Crippen LogP contribution in [0.4, 0.5) is 0 Å². The van der Waals surface area contributed by atoms with Crippen molar-refractivity contribution in [2.75, 3.05) is 32.7 Å². The number of nitrogens with zero attached hydrogens (tertiary/aromatic N) is 1. The first kappa shape index (κ1) is 11.7. The van der Waals surface area contributed by atoms with Gasteiger partial charge in [0, 0.05) is 13.1 Å². The molecule has 1 aliphatic rings. The topological polar surface area (TPSA) is 15.3 Å². The van der Waals surface area contributed by atoms with Crippen molar-refractivity contribution in [2.45, 2.75) is 20.8 Å². The molecule has 1 heterocycles. The Hall–Kier alpha value is -0.340. The van der Waals surface area contributed by atoms with Gasteiger partial charge in [-0.2, -0.15) is 0 Å². The Kier molecular flexibility index (Phi) is 4.63. The van der Waals surface area contributed by atoms with E-state index < -0.39 is 0 Å². The molecule has 2 heteroatoms. The predicted molar refractivity (Wildman–Crippen MR) is 62.5 cm³/mol. The van der Waals surface area contributed by atoms with Crippen LogP contribution in [0, 0.1) is 11.8 Å². The van der Waals surface area contributed by atoms with Crippen LogP contribution in [0.1, 0.15) is 20.8 Å². The van der Waals surface area contributed by atoms with Crippen molar-refractivity contribution in [1.82, 2.24) is 10.2 Å². The molecule has 2 nitrogen and oxygen atoms in total. The van der Waals surface area contributed by atoms with Crippen LogP contribution in [0.25, 0.3) is 0 Å². The van der Waals surface area contributed by atoms with E-state index in [9.17, 15) is 0 Å². The van der Waals surface area contributed by atoms with Crippen LogP contribution in [-0.4, -0.2) is 37.6 Å². The van der Waals surface area contributed by atoms with Crippen molar-refractivity contribution < 1.29 is 0 Å². The maximum atomic E-state index is 3.98. The molecular formula is C12H24N2. The van der Waals surface area contributed by atoms with Gasteiger partial charge in [0.05, 0.1) is 0 Å². The molecule has 0 aliphatic carbocycles. The minimum absolute atomic E-state index is 0.815.